The fourth-order valence-electron chi connectivity index (χ4n) is 0. The van der Waals surface area contributed by atoms with E-state index in [4.69, 9.17) is 0 Å². The van der Waals surface area contributed by atoms with Gasteiger partial charge in [-0.05, 0) is 0 Å². The molecule has 0 atom stereocenters. The van der Waals surface area contributed by atoms with Crippen molar-refractivity contribution in [2.45, 2.75) is 0 Å². The zero-order chi connectivity index (χ0) is 2.00. The first kappa shape index (κ1) is 22.5. The molecule has 0 aliphatic carbocycles. The van der Waals surface area contributed by atoms with Crippen molar-refractivity contribution in [3.8, 4) is 0 Å². The van der Waals surface area contributed by atoms with E-state index in [1.54, 1.807) is 0 Å². The Morgan fingerprint density at radius 3 is 1.20 bits per heavy atom. The monoisotopic (exact) mass is 359 g/mol. The Balaban J connectivity index is -0.00000000167. The van der Waals surface area contributed by atoms with Crippen molar-refractivity contribution in [2.24, 2.45) is 0 Å². The SMILES string of the molecule is [BaH2].[CaH2].[SiH3][Fe].[SrH2]. The first-order valence-electron chi connectivity index (χ1n) is 0.354. The van der Waals surface area contributed by atoms with Crippen LogP contribution in [0, 0.1) is 0 Å². The van der Waals surface area contributed by atoms with Gasteiger partial charge in [0.05, 0.1) is 0 Å². The van der Waals surface area contributed by atoms with Crippen LogP contribution in [0.2, 0.25) is 0 Å². The van der Waals surface area contributed by atoms with Crippen molar-refractivity contribution in [1.82, 2.24) is 0 Å². The van der Waals surface area contributed by atoms with E-state index in [2.05, 4.69) is 15.4 Å². The van der Waals surface area contributed by atoms with E-state index in [0.717, 1.165) is 8.85 Å². The molecule has 0 spiro atoms. The quantitative estimate of drug-likeness (QED) is 0.388. The molecule has 0 radical (unpaired) electrons. The van der Waals surface area contributed by atoms with Gasteiger partial charge in [0.15, 0.2) is 0 Å². The van der Waals surface area contributed by atoms with Crippen LogP contribution in [0.4, 0.5) is 0 Å². The zero-order valence-electron chi connectivity index (χ0n) is 1.35. The van der Waals surface area contributed by atoms with E-state index in [1.807, 2.05) is 0 Å². The van der Waals surface area contributed by atoms with Gasteiger partial charge in [0, 0.05) is 0 Å². The standard InChI is InChI=1S/Ba.Ca.Fe.H3Si.Sr.6H/h;;;1H3;;;;;;;. The van der Waals surface area contributed by atoms with Crippen LogP contribution in [0.3, 0.4) is 0 Å². The Bertz CT molecular complexity index is 11.6. The summed E-state index contributed by atoms with van der Waals surface area (Å²) >= 11 is 3.39. The predicted molar refractivity (Wildman–Crippen MR) is 35.6 cm³/mol. The molecule has 0 amide bonds. The average molecular weight is 358 g/mol. The number of rotatable bonds is 0. The molecular formula is H9BaCaFeSiSr. The number of hydrogen-bond acceptors (Lipinski definition) is 0. The van der Waals surface area contributed by atoms with Crippen LogP contribution < -0.4 is 0 Å². The fourth-order valence-corrected chi connectivity index (χ4v) is 0. The fraction of sp³-hybridized carbons (Fsp3) is 0. The van der Waals surface area contributed by atoms with Crippen LogP contribution in [0.1, 0.15) is 0 Å². The molecule has 0 aromatic carbocycles. The summed E-state index contributed by atoms with van der Waals surface area (Å²) in [7, 11) is 1.06. The second kappa shape index (κ2) is 23.0. The van der Waals surface area contributed by atoms with Gasteiger partial charge in [-0.15, -0.1) is 0 Å². The second-order valence-corrected chi connectivity index (χ2v) is 0. The number of hydrogen-bond donors (Lipinski definition) is 0. The molecule has 0 aromatic heterocycles. The van der Waals surface area contributed by atoms with Crippen molar-refractivity contribution in [3.63, 3.8) is 0 Å². The molecule has 27 valence electrons. The Morgan fingerprint density at radius 2 is 1.20 bits per heavy atom. The first-order valence-corrected chi connectivity index (χ1v) is 4.37. The van der Waals surface area contributed by atoms with Crippen LogP contribution in [-0.4, -0.2) is 141 Å². The summed E-state index contributed by atoms with van der Waals surface area (Å²) in [5, 5.41) is 0. The third-order valence-corrected chi connectivity index (χ3v) is 0. The summed E-state index contributed by atoms with van der Waals surface area (Å²) < 4.78 is 0. The first-order chi connectivity index (χ1) is 1.00. The molecule has 0 aliphatic rings. The van der Waals surface area contributed by atoms with E-state index in [1.165, 1.54) is 0 Å². The summed E-state index contributed by atoms with van der Waals surface area (Å²) in [5.41, 5.74) is 0. The molecule has 5 heavy (non-hydrogen) atoms. The summed E-state index contributed by atoms with van der Waals surface area (Å²) in [6.45, 7) is 0. The van der Waals surface area contributed by atoms with Crippen molar-refractivity contribution in [2.75, 3.05) is 0 Å². The van der Waals surface area contributed by atoms with Crippen molar-refractivity contribution < 1.29 is 15.4 Å². The Morgan fingerprint density at radius 1 is 1.20 bits per heavy atom. The average Bonchev–Trinajstić information content (AvgIpc) is 1.00. The summed E-state index contributed by atoms with van der Waals surface area (Å²) in [4.78, 5) is 0. The third kappa shape index (κ3) is 17.6. The molecule has 0 N–H and O–H groups in total. The Labute approximate surface area is 151 Å². The van der Waals surface area contributed by atoms with Crippen LogP contribution in [0.15, 0.2) is 0 Å². The zero-order valence-corrected chi connectivity index (χ0v) is 4.46. The molecule has 0 saturated carbocycles. The molecule has 0 unspecified atom stereocenters. The molecule has 0 fully saturated rings. The van der Waals surface area contributed by atoms with Crippen molar-refractivity contribution in [3.05, 3.63) is 0 Å². The molecule has 5 heteroatoms. The van der Waals surface area contributed by atoms with Gasteiger partial charge in [0.1, 0.15) is 0 Å². The summed E-state index contributed by atoms with van der Waals surface area (Å²) in [6.07, 6.45) is 0. The molecule has 0 aliphatic heterocycles. The summed E-state index contributed by atoms with van der Waals surface area (Å²) in [6, 6.07) is 0. The molecule has 0 heterocycles. The van der Waals surface area contributed by atoms with Crippen LogP contribution in [0.25, 0.3) is 0 Å². The molecule has 0 nitrogen and oxygen atoms in total. The van der Waals surface area contributed by atoms with Gasteiger partial charge in [-0.3, -0.25) is 0 Å². The second-order valence-electron chi connectivity index (χ2n) is 0. The minimum atomic E-state index is 0. The van der Waals surface area contributed by atoms with Crippen LogP contribution in [-0.2, 0) is 15.4 Å². The third-order valence-electron chi connectivity index (χ3n) is 0. The maximum absolute atomic E-state index is 3.39. The van der Waals surface area contributed by atoms with Gasteiger partial charge in [-0.2, -0.15) is 0 Å². The van der Waals surface area contributed by atoms with E-state index < -0.39 is 0 Å². The molecule has 0 rings (SSSR count). The van der Waals surface area contributed by atoms with Gasteiger partial charge in [0.2, 0.25) is 0 Å². The van der Waals surface area contributed by atoms with Gasteiger partial charge in [0.25, 0.3) is 0 Å². The van der Waals surface area contributed by atoms with E-state index in [0.29, 0.717) is 0 Å². The van der Waals surface area contributed by atoms with Gasteiger partial charge in [-0.25, -0.2) is 0 Å². The van der Waals surface area contributed by atoms with Gasteiger partial charge in [-0.1, -0.05) is 0 Å². The molecule has 0 saturated heterocycles. The topological polar surface area (TPSA) is 0 Å². The van der Waals surface area contributed by atoms with Crippen LogP contribution in [0.5, 0.6) is 0 Å². The van der Waals surface area contributed by atoms with Gasteiger partial charge < -0.3 is 0 Å². The molecular weight excluding hydrogens is 349 g/mol. The normalized spacial score (nSPS) is 1.80. The Kier molecular flexibility index (Phi) is 103. The predicted octanol–water partition coefficient (Wildman–Crippen LogP) is -3.94. The summed E-state index contributed by atoms with van der Waals surface area (Å²) in [5.74, 6) is 0. The van der Waals surface area contributed by atoms with Crippen molar-refractivity contribution in [1.29, 1.82) is 0 Å². The van der Waals surface area contributed by atoms with E-state index >= 15 is 0 Å². The van der Waals surface area contributed by atoms with E-state index in [9.17, 15) is 0 Å². The van der Waals surface area contributed by atoms with Gasteiger partial charge >= 0.3 is 156 Å². The molecule has 0 aromatic rings. The molecule has 0 bridgehead atoms. The minimum absolute atomic E-state index is 0. The van der Waals surface area contributed by atoms with Crippen LogP contribution >= 0.6 is 0 Å². The van der Waals surface area contributed by atoms with E-state index in [-0.39, 0.29) is 132 Å². The van der Waals surface area contributed by atoms with Crippen molar-refractivity contribution >= 4 is 141 Å². The Hall–Kier alpha value is 5.05. The maximum atomic E-state index is 3.39.